The molecule has 4 aromatic rings. The van der Waals surface area contributed by atoms with Crippen LogP contribution in [0.1, 0.15) is 5.01 Å². The number of para-hydroxylation sites is 1. The number of allylic oxidation sites excluding steroid dienone is 1. The van der Waals surface area contributed by atoms with Crippen molar-refractivity contribution in [3.63, 3.8) is 0 Å². The Hall–Kier alpha value is -3.59. The lowest BCUT2D eigenvalue weighted by molar-refractivity contribution is 0.483. The molecule has 0 aliphatic carbocycles. The second kappa shape index (κ2) is 9.27. The Bertz CT molecular complexity index is 1190. The van der Waals surface area contributed by atoms with Crippen LogP contribution in [-0.2, 0) is 0 Å². The number of nitrogens with zero attached hydrogens (tertiary/aromatic N) is 2. The van der Waals surface area contributed by atoms with Crippen molar-refractivity contribution in [3.8, 4) is 28.8 Å². The van der Waals surface area contributed by atoms with E-state index in [9.17, 15) is 5.26 Å². The summed E-state index contributed by atoms with van der Waals surface area (Å²) < 4.78 is 5.79. The Kier molecular flexibility index (Phi) is 6.09. The van der Waals surface area contributed by atoms with Crippen molar-refractivity contribution in [1.29, 1.82) is 5.26 Å². The largest absolute Gasteiger partial charge is 0.457 e. The van der Waals surface area contributed by atoms with Gasteiger partial charge in [0.05, 0.1) is 5.69 Å². The third kappa shape index (κ3) is 4.87. The SMILES string of the molecule is N#C/C(=C\Nc1ccc(Oc2ccccc2)cc1)c1nc(-c2ccc(Cl)cc2)cs1. The standard InChI is InChI=1S/C24H16ClN3OS/c25-19-8-6-17(7-9-19)23-16-30-24(28-23)18(14-26)15-27-20-10-12-22(13-11-20)29-21-4-2-1-3-5-21/h1-13,15-16,27H/b18-15+. The van der Waals surface area contributed by atoms with Gasteiger partial charge in [0, 0.05) is 27.9 Å². The molecule has 0 aliphatic rings. The van der Waals surface area contributed by atoms with Gasteiger partial charge in [-0.2, -0.15) is 5.26 Å². The third-order valence-corrected chi connectivity index (χ3v) is 5.34. The molecule has 0 amide bonds. The Labute approximate surface area is 183 Å². The lowest BCUT2D eigenvalue weighted by Crippen LogP contribution is -1.91. The van der Waals surface area contributed by atoms with E-state index in [4.69, 9.17) is 16.3 Å². The number of anilines is 1. The van der Waals surface area contributed by atoms with Crippen LogP contribution in [0.2, 0.25) is 5.02 Å². The highest BCUT2D eigenvalue weighted by atomic mass is 35.5. The monoisotopic (exact) mass is 429 g/mol. The molecule has 146 valence electrons. The molecule has 0 fully saturated rings. The van der Waals surface area contributed by atoms with Crippen molar-refractivity contribution in [1.82, 2.24) is 4.98 Å². The van der Waals surface area contributed by atoms with E-state index in [1.165, 1.54) is 11.3 Å². The van der Waals surface area contributed by atoms with E-state index >= 15 is 0 Å². The highest BCUT2D eigenvalue weighted by Crippen LogP contribution is 2.27. The number of aromatic nitrogens is 1. The van der Waals surface area contributed by atoms with Gasteiger partial charge in [0.2, 0.25) is 0 Å². The molecular formula is C24H16ClN3OS. The Morgan fingerprint density at radius 3 is 2.37 bits per heavy atom. The van der Waals surface area contributed by atoms with Gasteiger partial charge in [-0.25, -0.2) is 4.98 Å². The normalized spacial score (nSPS) is 11.0. The number of benzene rings is 3. The first-order chi connectivity index (χ1) is 14.7. The number of thiazole rings is 1. The minimum Gasteiger partial charge on any atom is -0.457 e. The first-order valence-corrected chi connectivity index (χ1v) is 10.4. The van der Waals surface area contributed by atoms with E-state index in [0.29, 0.717) is 15.6 Å². The minimum absolute atomic E-state index is 0.463. The molecule has 4 nitrogen and oxygen atoms in total. The fourth-order valence-electron chi connectivity index (χ4n) is 2.69. The summed E-state index contributed by atoms with van der Waals surface area (Å²) in [4.78, 5) is 4.58. The molecule has 30 heavy (non-hydrogen) atoms. The van der Waals surface area contributed by atoms with Crippen molar-refractivity contribution in [3.05, 3.63) is 100 Å². The number of hydrogen-bond donors (Lipinski definition) is 1. The Morgan fingerprint density at radius 2 is 1.67 bits per heavy atom. The summed E-state index contributed by atoms with van der Waals surface area (Å²) >= 11 is 7.37. The van der Waals surface area contributed by atoms with Crippen LogP contribution in [0.15, 0.2) is 90.4 Å². The average Bonchev–Trinajstić information content (AvgIpc) is 3.27. The van der Waals surface area contributed by atoms with Crippen LogP contribution >= 0.6 is 22.9 Å². The number of rotatable bonds is 6. The summed E-state index contributed by atoms with van der Waals surface area (Å²) in [6.45, 7) is 0. The molecule has 0 spiro atoms. The predicted molar refractivity (Wildman–Crippen MR) is 123 cm³/mol. The zero-order chi connectivity index (χ0) is 20.8. The molecule has 0 radical (unpaired) electrons. The second-order valence-corrected chi connectivity index (χ2v) is 7.59. The fraction of sp³-hybridized carbons (Fsp3) is 0. The van der Waals surface area contributed by atoms with Crippen molar-refractivity contribution in [2.24, 2.45) is 0 Å². The highest BCUT2D eigenvalue weighted by Gasteiger charge is 2.09. The number of hydrogen-bond acceptors (Lipinski definition) is 5. The molecule has 0 aliphatic heterocycles. The van der Waals surface area contributed by atoms with E-state index in [-0.39, 0.29) is 0 Å². The maximum absolute atomic E-state index is 9.55. The first-order valence-electron chi connectivity index (χ1n) is 9.13. The maximum Gasteiger partial charge on any atom is 0.136 e. The van der Waals surface area contributed by atoms with E-state index in [1.54, 1.807) is 6.20 Å². The quantitative estimate of drug-likeness (QED) is 0.328. The molecule has 1 heterocycles. The van der Waals surface area contributed by atoms with Gasteiger partial charge in [0.25, 0.3) is 0 Å². The van der Waals surface area contributed by atoms with Gasteiger partial charge < -0.3 is 10.1 Å². The molecule has 0 unspecified atom stereocenters. The number of nitrogens with one attached hydrogen (secondary N) is 1. The van der Waals surface area contributed by atoms with Crippen LogP contribution in [-0.4, -0.2) is 4.98 Å². The van der Waals surface area contributed by atoms with Gasteiger partial charge in [-0.05, 0) is 48.5 Å². The van der Waals surface area contributed by atoms with E-state index in [0.717, 1.165) is 28.4 Å². The zero-order valence-electron chi connectivity index (χ0n) is 15.7. The number of nitriles is 1. The molecule has 0 saturated heterocycles. The molecule has 3 aromatic carbocycles. The van der Waals surface area contributed by atoms with E-state index in [2.05, 4.69) is 16.4 Å². The summed E-state index contributed by atoms with van der Waals surface area (Å²) in [6, 6.07) is 26.8. The minimum atomic E-state index is 0.463. The van der Waals surface area contributed by atoms with Gasteiger partial charge in [-0.1, -0.05) is 41.9 Å². The van der Waals surface area contributed by atoms with E-state index < -0.39 is 0 Å². The second-order valence-electron chi connectivity index (χ2n) is 6.30. The molecule has 0 saturated carbocycles. The molecule has 0 bridgehead atoms. The van der Waals surface area contributed by atoms with Crippen LogP contribution < -0.4 is 10.1 Å². The molecule has 1 aromatic heterocycles. The topological polar surface area (TPSA) is 57.9 Å². The summed E-state index contributed by atoms with van der Waals surface area (Å²) in [5, 5.41) is 16.0. The lowest BCUT2D eigenvalue weighted by atomic mass is 10.2. The van der Waals surface area contributed by atoms with Gasteiger partial charge >= 0.3 is 0 Å². The summed E-state index contributed by atoms with van der Waals surface area (Å²) in [5.41, 5.74) is 3.08. The van der Waals surface area contributed by atoms with Crippen LogP contribution in [0.4, 0.5) is 5.69 Å². The molecule has 6 heteroatoms. The van der Waals surface area contributed by atoms with Gasteiger partial charge in [-0.3, -0.25) is 0 Å². The summed E-state index contributed by atoms with van der Waals surface area (Å²) in [6.07, 6.45) is 1.66. The van der Waals surface area contributed by atoms with Crippen molar-refractivity contribution in [2.45, 2.75) is 0 Å². The fourth-order valence-corrected chi connectivity index (χ4v) is 3.61. The van der Waals surface area contributed by atoms with Crippen molar-refractivity contribution >= 4 is 34.2 Å². The number of halogens is 1. The Balaban J connectivity index is 1.45. The van der Waals surface area contributed by atoms with Crippen LogP contribution in [0, 0.1) is 11.3 Å². The van der Waals surface area contributed by atoms with Crippen molar-refractivity contribution in [2.75, 3.05) is 5.32 Å². The highest BCUT2D eigenvalue weighted by molar-refractivity contribution is 7.11. The smallest absolute Gasteiger partial charge is 0.136 e. The number of ether oxygens (including phenoxy) is 1. The molecule has 1 N–H and O–H groups in total. The lowest BCUT2D eigenvalue weighted by Gasteiger charge is -2.07. The van der Waals surface area contributed by atoms with Gasteiger partial charge in [0.1, 0.15) is 28.1 Å². The first kappa shape index (κ1) is 19.7. The molecule has 0 atom stereocenters. The average molecular weight is 430 g/mol. The summed E-state index contributed by atoms with van der Waals surface area (Å²) in [5.74, 6) is 1.52. The summed E-state index contributed by atoms with van der Waals surface area (Å²) in [7, 11) is 0. The van der Waals surface area contributed by atoms with Gasteiger partial charge in [0.15, 0.2) is 0 Å². The molecular weight excluding hydrogens is 414 g/mol. The van der Waals surface area contributed by atoms with Crippen LogP contribution in [0.3, 0.4) is 0 Å². The maximum atomic E-state index is 9.55. The van der Waals surface area contributed by atoms with Gasteiger partial charge in [-0.15, -0.1) is 11.3 Å². The van der Waals surface area contributed by atoms with Crippen molar-refractivity contribution < 1.29 is 4.74 Å². The predicted octanol–water partition coefficient (Wildman–Crippen LogP) is 7.23. The van der Waals surface area contributed by atoms with E-state index in [1.807, 2.05) is 84.2 Å². The Morgan fingerprint density at radius 1 is 0.967 bits per heavy atom. The zero-order valence-corrected chi connectivity index (χ0v) is 17.3. The van der Waals surface area contributed by atoms with Crippen LogP contribution in [0.25, 0.3) is 16.8 Å². The van der Waals surface area contributed by atoms with Crippen LogP contribution in [0.5, 0.6) is 11.5 Å². The third-order valence-electron chi connectivity index (χ3n) is 4.21. The molecule has 4 rings (SSSR count).